The fourth-order valence-electron chi connectivity index (χ4n) is 1.85. The molecule has 4 heteroatoms. The number of alkyl halides is 1. The van der Waals surface area contributed by atoms with E-state index in [4.69, 9.17) is 5.26 Å². The van der Waals surface area contributed by atoms with E-state index >= 15 is 0 Å². The molecule has 1 amide bonds. The van der Waals surface area contributed by atoms with Gasteiger partial charge in [-0.2, -0.15) is 5.26 Å². The van der Waals surface area contributed by atoms with E-state index in [0.717, 1.165) is 11.3 Å². The first-order valence-corrected chi connectivity index (χ1v) is 5.98. The summed E-state index contributed by atoms with van der Waals surface area (Å²) in [5, 5.41) is 8.83. The molecule has 0 saturated carbocycles. The van der Waals surface area contributed by atoms with E-state index in [-0.39, 0.29) is 10.7 Å². The van der Waals surface area contributed by atoms with Crippen LogP contribution in [-0.4, -0.2) is 17.3 Å². The summed E-state index contributed by atoms with van der Waals surface area (Å²) < 4.78 is 0. The molecule has 0 aliphatic carbocycles. The number of benzene rings is 1. The van der Waals surface area contributed by atoms with Crippen LogP contribution in [0.1, 0.15) is 17.5 Å². The van der Waals surface area contributed by atoms with Crippen molar-refractivity contribution in [2.75, 3.05) is 11.4 Å². The molecule has 16 heavy (non-hydrogen) atoms. The van der Waals surface area contributed by atoms with Gasteiger partial charge in [0.2, 0.25) is 5.91 Å². The van der Waals surface area contributed by atoms with Crippen molar-refractivity contribution >= 4 is 27.5 Å². The molecule has 1 unspecified atom stereocenters. The molecule has 0 bridgehead atoms. The van der Waals surface area contributed by atoms with Gasteiger partial charge in [0.15, 0.2) is 0 Å². The molecule has 0 radical (unpaired) electrons. The van der Waals surface area contributed by atoms with Gasteiger partial charge in [-0.15, -0.1) is 0 Å². The van der Waals surface area contributed by atoms with Gasteiger partial charge in [-0.3, -0.25) is 4.79 Å². The van der Waals surface area contributed by atoms with Crippen LogP contribution < -0.4 is 4.90 Å². The average molecular weight is 279 g/mol. The Kier molecular flexibility index (Phi) is 2.97. The van der Waals surface area contributed by atoms with Gasteiger partial charge in [0.1, 0.15) is 0 Å². The van der Waals surface area contributed by atoms with E-state index in [1.54, 1.807) is 11.0 Å². The number of nitriles is 1. The van der Waals surface area contributed by atoms with Crippen LogP contribution in [0.4, 0.5) is 5.69 Å². The second-order valence-corrected chi connectivity index (χ2v) is 5.21. The second-order valence-electron chi connectivity index (χ2n) is 3.92. The Bertz CT molecular complexity index is 478. The standard InChI is InChI=1S/C12H11BrN2O/c1-8-4-11(3-2-9(8)6-14)15-7-10(13)5-12(15)16/h2-4,10H,5,7H2,1H3. The van der Waals surface area contributed by atoms with Gasteiger partial charge in [0.25, 0.3) is 0 Å². The fraction of sp³-hybridized carbons (Fsp3) is 0.333. The number of aryl methyl sites for hydroxylation is 1. The lowest BCUT2D eigenvalue weighted by Gasteiger charge is -2.16. The van der Waals surface area contributed by atoms with E-state index in [1.165, 1.54) is 0 Å². The third kappa shape index (κ3) is 1.96. The summed E-state index contributed by atoms with van der Waals surface area (Å²) in [6.07, 6.45) is 0.541. The molecular weight excluding hydrogens is 268 g/mol. The summed E-state index contributed by atoms with van der Waals surface area (Å²) in [6.45, 7) is 2.58. The van der Waals surface area contributed by atoms with E-state index in [9.17, 15) is 4.79 Å². The van der Waals surface area contributed by atoms with E-state index in [0.29, 0.717) is 18.5 Å². The lowest BCUT2D eigenvalue weighted by atomic mass is 10.1. The predicted octanol–water partition coefficient (Wildman–Crippen LogP) is 2.37. The normalized spacial score (nSPS) is 19.9. The molecule has 3 nitrogen and oxygen atoms in total. The van der Waals surface area contributed by atoms with Crippen molar-refractivity contribution in [3.63, 3.8) is 0 Å². The molecule has 1 atom stereocenters. The van der Waals surface area contributed by atoms with Gasteiger partial charge in [-0.05, 0) is 30.7 Å². The third-order valence-corrected chi connectivity index (χ3v) is 3.33. The summed E-state index contributed by atoms with van der Waals surface area (Å²) in [7, 11) is 0. The SMILES string of the molecule is Cc1cc(N2CC(Br)CC2=O)ccc1C#N. The van der Waals surface area contributed by atoms with Crippen LogP contribution in [0.15, 0.2) is 18.2 Å². The van der Waals surface area contributed by atoms with E-state index in [1.807, 2.05) is 19.1 Å². The highest BCUT2D eigenvalue weighted by Crippen LogP contribution is 2.26. The molecule has 0 N–H and O–H groups in total. The molecule has 2 rings (SSSR count). The Hall–Kier alpha value is -1.34. The first-order valence-electron chi connectivity index (χ1n) is 5.07. The average Bonchev–Trinajstić information content (AvgIpc) is 2.58. The lowest BCUT2D eigenvalue weighted by molar-refractivity contribution is -0.117. The maximum Gasteiger partial charge on any atom is 0.228 e. The number of carbonyl (C=O) groups is 1. The zero-order chi connectivity index (χ0) is 11.7. The number of hydrogen-bond acceptors (Lipinski definition) is 2. The zero-order valence-corrected chi connectivity index (χ0v) is 10.5. The number of rotatable bonds is 1. The van der Waals surface area contributed by atoms with Gasteiger partial charge in [0, 0.05) is 23.5 Å². The Labute approximate surface area is 103 Å². The number of nitrogens with zero attached hydrogens (tertiary/aromatic N) is 2. The highest BCUT2D eigenvalue weighted by atomic mass is 79.9. The summed E-state index contributed by atoms with van der Waals surface area (Å²) >= 11 is 3.45. The molecule has 1 saturated heterocycles. The fourth-order valence-corrected chi connectivity index (χ4v) is 2.42. The van der Waals surface area contributed by atoms with Crippen LogP contribution >= 0.6 is 15.9 Å². The Morgan fingerprint density at radius 1 is 1.56 bits per heavy atom. The monoisotopic (exact) mass is 278 g/mol. The number of anilines is 1. The minimum atomic E-state index is 0.131. The van der Waals surface area contributed by atoms with Crippen LogP contribution in [0.25, 0.3) is 0 Å². The first-order chi connectivity index (χ1) is 7.61. The minimum Gasteiger partial charge on any atom is -0.311 e. The summed E-state index contributed by atoms with van der Waals surface area (Å²) in [6, 6.07) is 7.60. The molecule has 1 fully saturated rings. The topological polar surface area (TPSA) is 44.1 Å². The van der Waals surface area contributed by atoms with Crippen molar-refractivity contribution in [3.05, 3.63) is 29.3 Å². The van der Waals surface area contributed by atoms with Gasteiger partial charge >= 0.3 is 0 Å². The largest absolute Gasteiger partial charge is 0.311 e. The molecule has 0 spiro atoms. The Morgan fingerprint density at radius 3 is 2.81 bits per heavy atom. The number of halogens is 1. The van der Waals surface area contributed by atoms with Crippen molar-refractivity contribution in [2.24, 2.45) is 0 Å². The van der Waals surface area contributed by atoms with Gasteiger partial charge in [0.05, 0.1) is 11.6 Å². The molecule has 0 aromatic heterocycles. The van der Waals surface area contributed by atoms with Crippen molar-refractivity contribution in [3.8, 4) is 6.07 Å². The zero-order valence-electron chi connectivity index (χ0n) is 8.90. The minimum absolute atomic E-state index is 0.131. The molecule has 1 aliphatic rings. The van der Waals surface area contributed by atoms with Crippen molar-refractivity contribution in [1.82, 2.24) is 0 Å². The van der Waals surface area contributed by atoms with E-state index < -0.39 is 0 Å². The maximum absolute atomic E-state index is 11.7. The van der Waals surface area contributed by atoms with Crippen LogP contribution in [0.2, 0.25) is 0 Å². The van der Waals surface area contributed by atoms with E-state index in [2.05, 4.69) is 22.0 Å². The van der Waals surface area contributed by atoms with Crippen LogP contribution in [0, 0.1) is 18.3 Å². The van der Waals surface area contributed by atoms with Crippen molar-refractivity contribution in [1.29, 1.82) is 5.26 Å². The number of hydrogen-bond donors (Lipinski definition) is 0. The van der Waals surface area contributed by atoms with Gasteiger partial charge < -0.3 is 4.90 Å². The quantitative estimate of drug-likeness (QED) is 0.741. The third-order valence-electron chi connectivity index (χ3n) is 2.72. The molecule has 1 heterocycles. The lowest BCUT2D eigenvalue weighted by Crippen LogP contribution is -2.24. The molecule has 1 aromatic carbocycles. The molecular formula is C12H11BrN2O. The van der Waals surface area contributed by atoms with Crippen LogP contribution in [0.5, 0.6) is 0 Å². The predicted molar refractivity (Wildman–Crippen MR) is 65.6 cm³/mol. The van der Waals surface area contributed by atoms with Crippen molar-refractivity contribution in [2.45, 2.75) is 18.2 Å². The summed E-state index contributed by atoms with van der Waals surface area (Å²) in [5.41, 5.74) is 2.44. The van der Waals surface area contributed by atoms with Crippen LogP contribution in [0.3, 0.4) is 0 Å². The number of carbonyl (C=O) groups excluding carboxylic acids is 1. The summed E-state index contributed by atoms with van der Waals surface area (Å²) in [4.78, 5) is 13.7. The molecule has 1 aliphatic heterocycles. The van der Waals surface area contributed by atoms with Gasteiger partial charge in [-0.25, -0.2) is 0 Å². The molecule has 82 valence electrons. The second kappa shape index (κ2) is 4.26. The highest BCUT2D eigenvalue weighted by Gasteiger charge is 2.28. The maximum atomic E-state index is 11.7. The highest BCUT2D eigenvalue weighted by molar-refractivity contribution is 9.09. The molecule has 1 aromatic rings. The smallest absolute Gasteiger partial charge is 0.228 e. The first kappa shape index (κ1) is 11.2. The van der Waals surface area contributed by atoms with Gasteiger partial charge in [-0.1, -0.05) is 15.9 Å². The van der Waals surface area contributed by atoms with Crippen molar-refractivity contribution < 1.29 is 4.79 Å². The Balaban J connectivity index is 2.32. The summed E-state index contributed by atoms with van der Waals surface area (Å²) in [5.74, 6) is 0.131. The van der Waals surface area contributed by atoms with Crippen LogP contribution in [-0.2, 0) is 4.79 Å². The Morgan fingerprint density at radius 2 is 2.31 bits per heavy atom. The number of amides is 1.